The van der Waals surface area contributed by atoms with Crippen LogP contribution in [0.4, 0.5) is 0 Å². The van der Waals surface area contributed by atoms with Gasteiger partial charge in [-0.15, -0.1) is 0 Å². The van der Waals surface area contributed by atoms with Gasteiger partial charge >= 0.3 is 0 Å². The van der Waals surface area contributed by atoms with Crippen molar-refractivity contribution < 1.29 is 4.42 Å². The van der Waals surface area contributed by atoms with Crippen LogP contribution in [0.3, 0.4) is 0 Å². The molecule has 2 heterocycles. The van der Waals surface area contributed by atoms with Crippen molar-refractivity contribution in [3.8, 4) is 0 Å². The van der Waals surface area contributed by atoms with E-state index in [2.05, 4.69) is 33.0 Å². The lowest BCUT2D eigenvalue weighted by atomic mass is 10.3. The molecule has 0 saturated heterocycles. The largest absolute Gasteiger partial charge is 0.465 e. The van der Waals surface area contributed by atoms with Crippen LogP contribution in [0.5, 0.6) is 0 Å². The van der Waals surface area contributed by atoms with E-state index in [1.54, 1.807) is 0 Å². The zero-order valence-electron chi connectivity index (χ0n) is 11.2. The quantitative estimate of drug-likeness (QED) is 0.870. The molecule has 0 unspecified atom stereocenters. The molecule has 5 heteroatoms. The first-order valence-electron chi connectivity index (χ1n) is 5.89. The summed E-state index contributed by atoms with van der Waals surface area (Å²) in [5.41, 5.74) is 2.20. The van der Waals surface area contributed by atoms with Crippen molar-refractivity contribution in [2.75, 3.05) is 7.05 Å². The maximum Gasteiger partial charge on any atom is 0.118 e. The molecule has 0 atom stereocenters. The Labute approximate surface area is 116 Å². The number of aryl methyl sites for hydroxylation is 3. The molecule has 98 valence electrons. The Balaban J connectivity index is 2.05. The minimum absolute atomic E-state index is 0.796. The van der Waals surface area contributed by atoms with E-state index >= 15 is 0 Å². The van der Waals surface area contributed by atoms with Gasteiger partial charge in [0.25, 0.3) is 0 Å². The smallest absolute Gasteiger partial charge is 0.118 e. The minimum atomic E-state index is 0.796. The number of halogens is 1. The van der Waals surface area contributed by atoms with E-state index in [1.807, 2.05) is 37.7 Å². The maximum absolute atomic E-state index is 5.58. The number of furan rings is 1. The van der Waals surface area contributed by atoms with Crippen molar-refractivity contribution in [3.63, 3.8) is 0 Å². The van der Waals surface area contributed by atoms with Gasteiger partial charge in [-0.1, -0.05) is 0 Å². The standard InChI is InChI=1S/C13H18BrN3O/c1-9-5-6-11(18-9)7-16(3)8-12-13(14)10(2)15-17(12)4/h5-6H,7-8H2,1-4H3. The number of hydrogen-bond acceptors (Lipinski definition) is 3. The first-order valence-corrected chi connectivity index (χ1v) is 6.68. The average Bonchev–Trinajstić information content (AvgIpc) is 2.78. The van der Waals surface area contributed by atoms with E-state index in [1.165, 1.54) is 5.69 Å². The summed E-state index contributed by atoms with van der Waals surface area (Å²) >= 11 is 3.59. The predicted octanol–water partition coefficient (Wildman–Crippen LogP) is 3.02. The minimum Gasteiger partial charge on any atom is -0.465 e. The average molecular weight is 312 g/mol. The molecule has 0 aliphatic rings. The third-order valence-corrected chi connectivity index (χ3v) is 3.93. The summed E-state index contributed by atoms with van der Waals surface area (Å²) in [6.45, 7) is 5.59. The molecular formula is C13H18BrN3O. The maximum atomic E-state index is 5.58. The fraction of sp³-hybridized carbons (Fsp3) is 0.462. The molecule has 2 aromatic heterocycles. The second-order valence-corrected chi connectivity index (χ2v) is 5.45. The lowest BCUT2D eigenvalue weighted by molar-refractivity contribution is 0.278. The van der Waals surface area contributed by atoms with Gasteiger partial charge in [0.2, 0.25) is 0 Å². The number of hydrogen-bond donors (Lipinski definition) is 0. The molecule has 0 spiro atoms. The molecule has 0 fully saturated rings. The van der Waals surface area contributed by atoms with Gasteiger partial charge in [-0.3, -0.25) is 9.58 Å². The molecule has 0 amide bonds. The zero-order valence-corrected chi connectivity index (χ0v) is 12.8. The van der Waals surface area contributed by atoms with Gasteiger partial charge in [-0.05, 0) is 49.0 Å². The SMILES string of the molecule is Cc1ccc(CN(C)Cc2c(Br)c(C)nn2C)o1. The molecule has 18 heavy (non-hydrogen) atoms. The van der Waals surface area contributed by atoms with E-state index in [0.29, 0.717) is 0 Å². The van der Waals surface area contributed by atoms with E-state index in [0.717, 1.165) is 34.8 Å². The second kappa shape index (κ2) is 5.28. The Kier molecular flexibility index (Phi) is 3.92. The summed E-state index contributed by atoms with van der Waals surface area (Å²) in [5.74, 6) is 1.95. The monoisotopic (exact) mass is 311 g/mol. The molecular weight excluding hydrogens is 294 g/mol. The van der Waals surface area contributed by atoms with Crippen LogP contribution in [-0.2, 0) is 20.1 Å². The highest BCUT2D eigenvalue weighted by atomic mass is 79.9. The summed E-state index contributed by atoms with van der Waals surface area (Å²) < 4.78 is 8.59. The molecule has 0 N–H and O–H groups in total. The summed E-state index contributed by atoms with van der Waals surface area (Å²) in [7, 11) is 4.05. The van der Waals surface area contributed by atoms with E-state index in [9.17, 15) is 0 Å². The summed E-state index contributed by atoms with van der Waals surface area (Å²) in [5, 5.41) is 4.39. The molecule has 2 aromatic rings. The Morgan fingerprint density at radius 3 is 2.56 bits per heavy atom. The number of rotatable bonds is 4. The van der Waals surface area contributed by atoms with E-state index in [-0.39, 0.29) is 0 Å². The summed E-state index contributed by atoms with van der Waals surface area (Å²) in [6.07, 6.45) is 0. The Morgan fingerprint density at radius 1 is 1.33 bits per heavy atom. The molecule has 0 bridgehead atoms. The number of nitrogens with zero attached hydrogens (tertiary/aromatic N) is 3. The lowest BCUT2D eigenvalue weighted by Crippen LogP contribution is -2.19. The van der Waals surface area contributed by atoms with Gasteiger partial charge in [-0.25, -0.2) is 0 Å². The normalized spacial score (nSPS) is 11.4. The van der Waals surface area contributed by atoms with Crippen LogP contribution in [0.25, 0.3) is 0 Å². The van der Waals surface area contributed by atoms with E-state index < -0.39 is 0 Å². The zero-order chi connectivity index (χ0) is 13.3. The molecule has 0 aliphatic carbocycles. The Morgan fingerprint density at radius 2 is 2.06 bits per heavy atom. The Hall–Kier alpha value is -1.07. The van der Waals surface area contributed by atoms with Crippen molar-refractivity contribution in [2.45, 2.75) is 26.9 Å². The predicted molar refractivity (Wildman–Crippen MR) is 74.3 cm³/mol. The topological polar surface area (TPSA) is 34.2 Å². The Bertz CT molecular complexity index is 544. The summed E-state index contributed by atoms with van der Waals surface area (Å²) in [4.78, 5) is 2.21. The van der Waals surface area contributed by atoms with Gasteiger partial charge in [0.15, 0.2) is 0 Å². The van der Waals surface area contributed by atoms with Gasteiger partial charge in [-0.2, -0.15) is 5.10 Å². The van der Waals surface area contributed by atoms with Crippen molar-refractivity contribution >= 4 is 15.9 Å². The fourth-order valence-corrected chi connectivity index (χ4v) is 2.46. The van der Waals surface area contributed by atoms with Crippen LogP contribution in [-0.4, -0.2) is 21.7 Å². The van der Waals surface area contributed by atoms with Crippen LogP contribution >= 0.6 is 15.9 Å². The van der Waals surface area contributed by atoms with Gasteiger partial charge in [0, 0.05) is 13.6 Å². The summed E-state index contributed by atoms with van der Waals surface area (Å²) in [6, 6.07) is 4.02. The van der Waals surface area contributed by atoms with E-state index in [4.69, 9.17) is 4.42 Å². The third-order valence-electron chi connectivity index (χ3n) is 2.90. The second-order valence-electron chi connectivity index (χ2n) is 4.65. The molecule has 0 aromatic carbocycles. The first-order chi connectivity index (χ1) is 8.47. The first kappa shape index (κ1) is 13.4. The van der Waals surface area contributed by atoms with Crippen molar-refractivity contribution in [1.82, 2.24) is 14.7 Å². The highest BCUT2D eigenvalue weighted by Crippen LogP contribution is 2.22. The van der Waals surface area contributed by atoms with Crippen LogP contribution in [0.1, 0.15) is 22.9 Å². The number of aromatic nitrogens is 2. The van der Waals surface area contributed by atoms with Crippen molar-refractivity contribution in [2.24, 2.45) is 7.05 Å². The lowest BCUT2D eigenvalue weighted by Gasteiger charge is -2.15. The third kappa shape index (κ3) is 2.84. The van der Waals surface area contributed by atoms with Gasteiger partial charge in [0.1, 0.15) is 11.5 Å². The fourth-order valence-electron chi connectivity index (χ4n) is 2.00. The van der Waals surface area contributed by atoms with Gasteiger partial charge in [0.05, 0.1) is 22.4 Å². The van der Waals surface area contributed by atoms with Crippen LogP contribution < -0.4 is 0 Å². The van der Waals surface area contributed by atoms with Crippen molar-refractivity contribution in [3.05, 3.63) is 39.5 Å². The van der Waals surface area contributed by atoms with Crippen LogP contribution in [0.2, 0.25) is 0 Å². The molecule has 0 saturated carbocycles. The molecule has 4 nitrogen and oxygen atoms in total. The van der Waals surface area contributed by atoms with Gasteiger partial charge < -0.3 is 4.42 Å². The van der Waals surface area contributed by atoms with Crippen LogP contribution in [0.15, 0.2) is 21.0 Å². The molecule has 0 aliphatic heterocycles. The van der Waals surface area contributed by atoms with Crippen molar-refractivity contribution in [1.29, 1.82) is 0 Å². The highest BCUT2D eigenvalue weighted by molar-refractivity contribution is 9.10. The highest BCUT2D eigenvalue weighted by Gasteiger charge is 2.13. The molecule has 0 radical (unpaired) electrons. The van der Waals surface area contributed by atoms with Crippen LogP contribution in [0, 0.1) is 13.8 Å². The molecule has 2 rings (SSSR count).